The van der Waals surface area contributed by atoms with E-state index >= 15 is 0 Å². The Morgan fingerprint density at radius 2 is 1.76 bits per heavy atom. The lowest BCUT2D eigenvalue weighted by atomic mass is 10.1. The van der Waals surface area contributed by atoms with Crippen molar-refractivity contribution in [3.05, 3.63) is 59.1 Å². The Bertz CT molecular complexity index is 656. The number of carbonyl (C=O) groups is 2. The van der Waals surface area contributed by atoms with E-state index in [0.717, 1.165) is 4.90 Å². The second-order valence-electron chi connectivity index (χ2n) is 4.40. The largest absolute Gasteiger partial charge is 0.326 e. The molecule has 0 saturated carbocycles. The van der Waals surface area contributed by atoms with E-state index in [1.54, 1.807) is 30.3 Å². The van der Waals surface area contributed by atoms with Crippen LogP contribution in [0, 0.1) is 0 Å². The van der Waals surface area contributed by atoms with Gasteiger partial charge in [-0.2, -0.15) is 0 Å². The summed E-state index contributed by atoms with van der Waals surface area (Å²) in [4.78, 5) is 23.9. The third kappa shape index (κ3) is 4.62. The van der Waals surface area contributed by atoms with Gasteiger partial charge >= 0.3 is 0 Å². The molecule has 1 N–H and O–H groups in total. The molecule has 0 aliphatic carbocycles. The normalized spacial score (nSPS) is 10.2. The summed E-state index contributed by atoms with van der Waals surface area (Å²) in [5, 5.41) is 3.31. The maximum absolute atomic E-state index is 12.1. The third-order valence-electron chi connectivity index (χ3n) is 2.72. The van der Waals surface area contributed by atoms with Gasteiger partial charge in [-0.1, -0.05) is 23.7 Å². The first-order valence-electron chi connectivity index (χ1n) is 6.34. The summed E-state index contributed by atoms with van der Waals surface area (Å²) < 4.78 is 0. The number of thioether (sulfide) groups is 1. The molecule has 0 heterocycles. The number of benzene rings is 2. The van der Waals surface area contributed by atoms with E-state index in [2.05, 4.69) is 5.32 Å². The van der Waals surface area contributed by atoms with Crippen molar-refractivity contribution in [2.45, 2.75) is 11.8 Å². The lowest BCUT2D eigenvalue weighted by Gasteiger charge is -2.05. The minimum atomic E-state index is -0.136. The van der Waals surface area contributed by atoms with E-state index in [4.69, 9.17) is 11.6 Å². The highest BCUT2D eigenvalue weighted by Crippen LogP contribution is 2.27. The monoisotopic (exact) mass is 319 g/mol. The summed E-state index contributed by atoms with van der Waals surface area (Å²) in [6.07, 6.45) is 0. The Morgan fingerprint density at radius 3 is 2.38 bits per heavy atom. The van der Waals surface area contributed by atoms with E-state index in [1.165, 1.54) is 18.7 Å². The molecule has 0 spiro atoms. The van der Waals surface area contributed by atoms with Crippen LogP contribution in [0.1, 0.15) is 17.3 Å². The van der Waals surface area contributed by atoms with Crippen LogP contribution in [0.4, 0.5) is 5.69 Å². The van der Waals surface area contributed by atoms with Crippen molar-refractivity contribution in [2.75, 3.05) is 11.1 Å². The maximum atomic E-state index is 12.1. The number of amides is 1. The molecule has 0 aliphatic heterocycles. The number of Topliss-reactive ketones (excluding diaryl/α,β-unsaturated/α-hetero) is 1. The summed E-state index contributed by atoms with van der Waals surface area (Å²) in [5.74, 6) is 0.209. The van der Waals surface area contributed by atoms with Gasteiger partial charge in [0.25, 0.3) is 0 Å². The molecule has 0 saturated heterocycles. The summed E-state index contributed by atoms with van der Waals surface area (Å²) in [5.41, 5.74) is 1.29. The smallest absolute Gasteiger partial charge is 0.221 e. The molecular weight excluding hydrogens is 306 g/mol. The van der Waals surface area contributed by atoms with Crippen molar-refractivity contribution in [1.82, 2.24) is 0 Å². The molecule has 0 aliphatic rings. The molecule has 21 heavy (non-hydrogen) atoms. The molecule has 0 unspecified atom stereocenters. The summed E-state index contributed by atoms with van der Waals surface area (Å²) >= 11 is 7.46. The second kappa shape index (κ2) is 7.29. The van der Waals surface area contributed by atoms with Crippen LogP contribution >= 0.6 is 23.4 Å². The van der Waals surface area contributed by atoms with Crippen molar-refractivity contribution >= 4 is 40.7 Å². The highest BCUT2D eigenvalue weighted by Gasteiger charge is 2.08. The molecule has 0 bridgehead atoms. The van der Waals surface area contributed by atoms with Crippen LogP contribution in [0.5, 0.6) is 0 Å². The van der Waals surface area contributed by atoms with Crippen LogP contribution in [0.3, 0.4) is 0 Å². The molecule has 108 valence electrons. The second-order valence-corrected chi connectivity index (χ2v) is 5.83. The van der Waals surface area contributed by atoms with Gasteiger partial charge in [0, 0.05) is 23.1 Å². The number of ketones is 1. The third-order valence-corrected chi connectivity index (χ3v) is 4.24. The Kier molecular flexibility index (Phi) is 5.42. The van der Waals surface area contributed by atoms with Crippen molar-refractivity contribution in [1.29, 1.82) is 0 Å². The minimum absolute atomic E-state index is 0.0225. The first-order valence-corrected chi connectivity index (χ1v) is 7.71. The quantitative estimate of drug-likeness (QED) is 0.661. The van der Waals surface area contributed by atoms with Gasteiger partial charge in [-0.15, -0.1) is 11.8 Å². The predicted molar refractivity (Wildman–Crippen MR) is 87.3 cm³/mol. The van der Waals surface area contributed by atoms with Crippen LogP contribution < -0.4 is 5.32 Å². The van der Waals surface area contributed by atoms with E-state index in [1.807, 2.05) is 18.2 Å². The zero-order chi connectivity index (χ0) is 15.2. The molecule has 0 radical (unpaired) electrons. The van der Waals surface area contributed by atoms with Crippen LogP contribution in [0.25, 0.3) is 0 Å². The highest BCUT2D eigenvalue weighted by molar-refractivity contribution is 8.00. The van der Waals surface area contributed by atoms with Crippen LogP contribution in [-0.4, -0.2) is 17.4 Å². The number of anilines is 1. The summed E-state index contributed by atoms with van der Waals surface area (Å²) in [7, 11) is 0. The predicted octanol–water partition coefficient (Wildman–Crippen LogP) is 4.27. The topological polar surface area (TPSA) is 46.2 Å². The van der Waals surface area contributed by atoms with Crippen LogP contribution in [-0.2, 0) is 4.79 Å². The average molecular weight is 320 g/mol. The van der Waals surface area contributed by atoms with Crippen molar-refractivity contribution in [3.8, 4) is 0 Å². The molecule has 3 nitrogen and oxygen atoms in total. The Morgan fingerprint density at radius 1 is 1.10 bits per heavy atom. The van der Waals surface area contributed by atoms with E-state index in [-0.39, 0.29) is 11.7 Å². The fourth-order valence-electron chi connectivity index (χ4n) is 1.73. The van der Waals surface area contributed by atoms with E-state index < -0.39 is 0 Å². The number of halogens is 1. The van der Waals surface area contributed by atoms with Crippen LogP contribution in [0.15, 0.2) is 53.4 Å². The van der Waals surface area contributed by atoms with Gasteiger partial charge in [0.2, 0.25) is 5.91 Å². The van der Waals surface area contributed by atoms with Gasteiger partial charge in [-0.25, -0.2) is 0 Å². The van der Waals surface area contributed by atoms with Gasteiger partial charge in [-0.05, 0) is 36.4 Å². The molecule has 0 fully saturated rings. The van der Waals surface area contributed by atoms with Gasteiger partial charge in [0.05, 0.1) is 10.8 Å². The molecule has 0 atom stereocenters. The highest BCUT2D eigenvalue weighted by atomic mass is 35.5. The lowest BCUT2D eigenvalue weighted by molar-refractivity contribution is -0.114. The van der Waals surface area contributed by atoms with Gasteiger partial charge < -0.3 is 5.32 Å². The molecule has 2 aromatic rings. The van der Waals surface area contributed by atoms with Gasteiger partial charge in [0.15, 0.2) is 5.78 Å². The SMILES string of the molecule is CC(=O)Nc1ccc(C(=O)CSc2ccccc2Cl)cc1. The maximum Gasteiger partial charge on any atom is 0.221 e. The minimum Gasteiger partial charge on any atom is -0.326 e. The fraction of sp³-hybridized carbons (Fsp3) is 0.125. The van der Waals surface area contributed by atoms with E-state index in [9.17, 15) is 9.59 Å². The zero-order valence-corrected chi connectivity index (χ0v) is 13.0. The molecule has 2 aromatic carbocycles. The van der Waals surface area contributed by atoms with Crippen molar-refractivity contribution < 1.29 is 9.59 Å². The number of hydrogen-bond acceptors (Lipinski definition) is 3. The Labute approximate surface area is 132 Å². The van der Waals surface area contributed by atoms with Gasteiger partial charge in [0.1, 0.15) is 0 Å². The van der Waals surface area contributed by atoms with Crippen molar-refractivity contribution in [3.63, 3.8) is 0 Å². The number of hydrogen-bond donors (Lipinski definition) is 1. The average Bonchev–Trinajstić information content (AvgIpc) is 2.46. The molecule has 1 amide bonds. The lowest BCUT2D eigenvalue weighted by Crippen LogP contribution is -2.07. The molecule has 2 rings (SSSR count). The summed E-state index contributed by atoms with van der Waals surface area (Å²) in [6.45, 7) is 1.44. The standard InChI is InChI=1S/C16H14ClNO2S/c1-11(19)18-13-8-6-12(7-9-13)15(20)10-21-16-5-3-2-4-14(16)17/h2-9H,10H2,1H3,(H,18,19). The van der Waals surface area contributed by atoms with Gasteiger partial charge in [-0.3, -0.25) is 9.59 Å². The van der Waals surface area contributed by atoms with Crippen molar-refractivity contribution in [2.24, 2.45) is 0 Å². The molecule has 0 aromatic heterocycles. The number of carbonyl (C=O) groups excluding carboxylic acids is 2. The fourth-order valence-corrected chi connectivity index (χ4v) is 2.86. The zero-order valence-electron chi connectivity index (χ0n) is 11.4. The Balaban J connectivity index is 1.97. The first-order chi connectivity index (χ1) is 10.1. The van der Waals surface area contributed by atoms with E-state index in [0.29, 0.717) is 22.0 Å². The molecular formula is C16H14ClNO2S. The molecule has 5 heteroatoms. The number of nitrogens with one attached hydrogen (secondary N) is 1. The van der Waals surface area contributed by atoms with Crippen LogP contribution in [0.2, 0.25) is 5.02 Å². The number of rotatable bonds is 5. The summed E-state index contributed by atoms with van der Waals surface area (Å²) in [6, 6.07) is 14.3. The first kappa shape index (κ1) is 15.6. The Hall–Kier alpha value is -1.78.